The minimum Gasteiger partial charge on any atom is -0.313 e. The number of aromatic nitrogens is 2. The Kier molecular flexibility index (Phi) is 6.21. The molecule has 1 aromatic heterocycles. The van der Waals surface area contributed by atoms with E-state index in [1.165, 1.54) is 11.8 Å². The fraction of sp³-hybridized carbons (Fsp3) is 0.136. The van der Waals surface area contributed by atoms with Crippen LogP contribution in [0.25, 0.3) is 0 Å². The van der Waals surface area contributed by atoms with Crippen LogP contribution in [0, 0.1) is 0 Å². The van der Waals surface area contributed by atoms with Gasteiger partial charge in [-0.05, 0) is 42.8 Å². The van der Waals surface area contributed by atoms with Crippen molar-refractivity contribution in [3.8, 4) is 0 Å². The highest BCUT2D eigenvalue weighted by atomic mass is 35.5. The van der Waals surface area contributed by atoms with E-state index in [2.05, 4.69) is 15.3 Å². The summed E-state index contributed by atoms with van der Waals surface area (Å²) >= 11 is 7.34. The van der Waals surface area contributed by atoms with Crippen molar-refractivity contribution in [1.29, 1.82) is 0 Å². The molecule has 0 fully saturated rings. The van der Waals surface area contributed by atoms with Crippen LogP contribution in [-0.4, -0.2) is 33.2 Å². The van der Waals surface area contributed by atoms with Gasteiger partial charge in [-0.15, -0.1) is 0 Å². The highest BCUT2D eigenvalue weighted by Crippen LogP contribution is 2.34. The second-order valence-corrected chi connectivity index (χ2v) is 7.97. The third-order valence-electron chi connectivity index (χ3n) is 4.46. The lowest BCUT2D eigenvalue weighted by Gasteiger charge is -2.19. The van der Waals surface area contributed by atoms with E-state index in [-0.39, 0.29) is 17.6 Å². The molecule has 8 heteroatoms. The Morgan fingerprint density at radius 2 is 1.67 bits per heavy atom. The van der Waals surface area contributed by atoms with E-state index in [9.17, 15) is 4.79 Å². The molecule has 0 aliphatic carbocycles. The SMILES string of the molecule is CC1=Nc2ccccc2N=C(NC(=O)CSc2ncccn2)[C@H]1c1ccc(Cl)cc1. The van der Waals surface area contributed by atoms with E-state index in [0.29, 0.717) is 21.7 Å². The number of nitrogens with zero attached hydrogens (tertiary/aromatic N) is 4. The van der Waals surface area contributed by atoms with Crippen LogP contribution < -0.4 is 5.32 Å². The van der Waals surface area contributed by atoms with Crippen molar-refractivity contribution >= 4 is 52.2 Å². The third-order valence-corrected chi connectivity index (χ3v) is 5.58. The molecule has 30 heavy (non-hydrogen) atoms. The van der Waals surface area contributed by atoms with E-state index in [0.717, 1.165) is 17.0 Å². The van der Waals surface area contributed by atoms with E-state index < -0.39 is 0 Å². The number of nitrogens with one attached hydrogen (secondary N) is 1. The van der Waals surface area contributed by atoms with Crippen molar-refractivity contribution in [2.45, 2.75) is 18.0 Å². The lowest BCUT2D eigenvalue weighted by atomic mass is 9.93. The van der Waals surface area contributed by atoms with Gasteiger partial charge in [0.2, 0.25) is 5.91 Å². The number of rotatable bonds is 4. The third kappa shape index (κ3) is 4.75. The molecule has 0 bridgehead atoms. The van der Waals surface area contributed by atoms with Crippen molar-refractivity contribution in [3.63, 3.8) is 0 Å². The molecule has 0 spiro atoms. The van der Waals surface area contributed by atoms with Crippen molar-refractivity contribution in [3.05, 3.63) is 77.6 Å². The summed E-state index contributed by atoms with van der Waals surface area (Å²) in [5, 5.41) is 4.18. The van der Waals surface area contributed by atoms with Gasteiger partial charge in [-0.25, -0.2) is 15.0 Å². The molecule has 4 rings (SSSR count). The molecule has 3 aromatic rings. The topological polar surface area (TPSA) is 79.6 Å². The number of benzene rings is 2. The first kappa shape index (κ1) is 20.3. The van der Waals surface area contributed by atoms with Gasteiger partial charge >= 0.3 is 0 Å². The molecule has 1 aliphatic heterocycles. The van der Waals surface area contributed by atoms with Crippen LogP contribution in [0.5, 0.6) is 0 Å². The van der Waals surface area contributed by atoms with Crippen LogP contribution in [-0.2, 0) is 4.79 Å². The number of hydrogen-bond donors (Lipinski definition) is 1. The Bertz CT molecular complexity index is 1120. The number of aliphatic imine (C=N–C) groups is 2. The summed E-state index contributed by atoms with van der Waals surface area (Å²) in [6.07, 6.45) is 3.30. The van der Waals surface area contributed by atoms with Crippen LogP contribution in [0.2, 0.25) is 5.02 Å². The van der Waals surface area contributed by atoms with Gasteiger partial charge in [0.1, 0.15) is 5.84 Å². The fourth-order valence-corrected chi connectivity index (χ4v) is 3.85. The van der Waals surface area contributed by atoms with Gasteiger partial charge in [-0.3, -0.25) is 9.79 Å². The zero-order chi connectivity index (χ0) is 20.9. The molecule has 0 unspecified atom stereocenters. The molecule has 1 atom stereocenters. The second-order valence-electron chi connectivity index (χ2n) is 6.59. The number of para-hydroxylation sites is 2. The monoisotopic (exact) mass is 435 g/mol. The minimum absolute atomic E-state index is 0.175. The van der Waals surface area contributed by atoms with Gasteiger partial charge in [0.15, 0.2) is 5.16 Å². The Labute approximate surface area is 183 Å². The number of halogens is 1. The van der Waals surface area contributed by atoms with E-state index in [4.69, 9.17) is 21.6 Å². The average molecular weight is 436 g/mol. The Morgan fingerprint density at radius 1 is 1.00 bits per heavy atom. The van der Waals surface area contributed by atoms with Crippen molar-refractivity contribution in [2.75, 3.05) is 5.75 Å². The predicted molar refractivity (Wildman–Crippen MR) is 121 cm³/mol. The molecule has 1 N–H and O–H groups in total. The normalized spacial score (nSPS) is 15.5. The number of carbonyl (C=O) groups excluding carboxylic acids is 1. The summed E-state index contributed by atoms with van der Waals surface area (Å²) in [7, 11) is 0. The van der Waals surface area contributed by atoms with Crippen LogP contribution in [0.4, 0.5) is 11.4 Å². The summed E-state index contributed by atoms with van der Waals surface area (Å²) in [5.41, 5.74) is 3.26. The van der Waals surface area contributed by atoms with Crippen molar-refractivity contribution in [1.82, 2.24) is 15.3 Å². The van der Waals surface area contributed by atoms with Crippen molar-refractivity contribution < 1.29 is 4.79 Å². The zero-order valence-corrected chi connectivity index (χ0v) is 17.7. The standard InChI is InChI=1S/C22H18ClN5OS/c1-14-20(15-7-9-16(23)10-8-15)21(27-18-6-3-2-5-17(18)26-14)28-19(29)13-30-22-24-11-4-12-25-22/h2-12,20H,13H2,1H3,(H,27,28,29)/t20-/m1/s1. The van der Waals surface area contributed by atoms with E-state index >= 15 is 0 Å². The summed E-state index contributed by atoms with van der Waals surface area (Å²) in [6.45, 7) is 1.94. The maximum Gasteiger partial charge on any atom is 0.235 e. The maximum atomic E-state index is 12.7. The average Bonchev–Trinajstić information content (AvgIpc) is 2.89. The van der Waals surface area contributed by atoms with E-state index in [1.807, 2.05) is 55.5 Å². The number of thioether (sulfide) groups is 1. The van der Waals surface area contributed by atoms with Gasteiger partial charge in [-0.1, -0.05) is 47.6 Å². The highest BCUT2D eigenvalue weighted by Gasteiger charge is 2.26. The molecule has 0 radical (unpaired) electrons. The van der Waals surface area contributed by atoms with Crippen LogP contribution in [0.3, 0.4) is 0 Å². The molecule has 6 nitrogen and oxygen atoms in total. The highest BCUT2D eigenvalue weighted by molar-refractivity contribution is 7.99. The largest absolute Gasteiger partial charge is 0.313 e. The predicted octanol–water partition coefficient (Wildman–Crippen LogP) is 4.96. The molecular weight excluding hydrogens is 418 g/mol. The number of carbonyl (C=O) groups is 1. The summed E-state index contributed by atoms with van der Waals surface area (Å²) in [4.78, 5) is 30.5. The first-order chi connectivity index (χ1) is 14.6. The number of amidine groups is 1. The maximum absolute atomic E-state index is 12.7. The Morgan fingerprint density at radius 3 is 2.37 bits per heavy atom. The molecule has 2 aromatic carbocycles. The quantitative estimate of drug-likeness (QED) is 0.464. The molecule has 1 aliphatic rings. The first-order valence-corrected chi connectivity index (χ1v) is 10.6. The summed E-state index contributed by atoms with van der Waals surface area (Å²) < 4.78 is 0. The second kappa shape index (κ2) is 9.19. The Hall–Kier alpha value is -3.03. The van der Waals surface area contributed by atoms with Gasteiger partial charge < -0.3 is 5.32 Å². The lowest BCUT2D eigenvalue weighted by Crippen LogP contribution is -2.38. The fourth-order valence-electron chi connectivity index (χ4n) is 3.12. The molecular formula is C22H18ClN5OS. The van der Waals surface area contributed by atoms with Gasteiger partial charge in [0, 0.05) is 23.1 Å². The van der Waals surface area contributed by atoms with Crippen LogP contribution in [0.1, 0.15) is 18.4 Å². The lowest BCUT2D eigenvalue weighted by molar-refractivity contribution is -0.117. The smallest absolute Gasteiger partial charge is 0.235 e. The van der Waals surface area contributed by atoms with Crippen LogP contribution in [0.15, 0.2) is 82.1 Å². The molecule has 0 saturated carbocycles. The molecule has 150 valence electrons. The summed E-state index contributed by atoms with van der Waals surface area (Å²) in [5.74, 6) is 0.228. The zero-order valence-electron chi connectivity index (χ0n) is 16.1. The molecule has 0 saturated heterocycles. The number of hydrogen-bond acceptors (Lipinski definition) is 6. The molecule has 1 amide bonds. The minimum atomic E-state index is -0.295. The Balaban J connectivity index is 1.64. The van der Waals surface area contributed by atoms with Gasteiger partial charge in [0.25, 0.3) is 0 Å². The van der Waals surface area contributed by atoms with Crippen molar-refractivity contribution in [2.24, 2.45) is 9.98 Å². The van der Waals surface area contributed by atoms with Crippen LogP contribution >= 0.6 is 23.4 Å². The number of amides is 1. The van der Waals surface area contributed by atoms with Gasteiger partial charge in [0.05, 0.1) is 23.0 Å². The van der Waals surface area contributed by atoms with E-state index in [1.54, 1.807) is 18.5 Å². The number of fused-ring (bicyclic) bond motifs is 1. The first-order valence-electron chi connectivity index (χ1n) is 9.28. The summed E-state index contributed by atoms with van der Waals surface area (Å²) in [6, 6.07) is 16.9. The molecule has 2 heterocycles. The van der Waals surface area contributed by atoms with Gasteiger partial charge in [-0.2, -0.15) is 0 Å².